The van der Waals surface area contributed by atoms with Gasteiger partial charge in [0.1, 0.15) is 5.75 Å². The second-order valence-corrected chi connectivity index (χ2v) is 5.51. The molecule has 1 saturated heterocycles. The van der Waals surface area contributed by atoms with Crippen molar-refractivity contribution in [3.8, 4) is 5.75 Å². The summed E-state index contributed by atoms with van der Waals surface area (Å²) in [5.74, 6) is 0.777. The number of piperidine rings is 1. The highest BCUT2D eigenvalue weighted by Gasteiger charge is 2.16. The first-order valence-corrected chi connectivity index (χ1v) is 7.62. The van der Waals surface area contributed by atoms with Crippen molar-refractivity contribution in [2.45, 2.75) is 32.2 Å². The van der Waals surface area contributed by atoms with E-state index in [1.165, 1.54) is 19.3 Å². The van der Waals surface area contributed by atoms with Crippen LogP contribution in [-0.4, -0.2) is 43.7 Å². The number of nitrogens with zero attached hydrogens (tertiary/aromatic N) is 1. The van der Waals surface area contributed by atoms with Crippen LogP contribution in [0, 0.1) is 0 Å². The Morgan fingerprint density at radius 1 is 1.24 bits per heavy atom. The van der Waals surface area contributed by atoms with Crippen molar-refractivity contribution in [2.75, 3.05) is 32.1 Å². The van der Waals surface area contributed by atoms with Crippen LogP contribution in [0.25, 0.3) is 0 Å². The van der Waals surface area contributed by atoms with Gasteiger partial charge in [0.2, 0.25) is 0 Å². The van der Waals surface area contributed by atoms with Crippen molar-refractivity contribution >= 4 is 11.7 Å². The Bertz CT molecular complexity index is 441. The third kappa shape index (κ3) is 4.93. The molecule has 1 heterocycles. The lowest BCUT2D eigenvalue weighted by Crippen LogP contribution is -2.45. The molecule has 0 aliphatic carbocycles. The zero-order valence-corrected chi connectivity index (χ0v) is 12.9. The van der Waals surface area contributed by atoms with Gasteiger partial charge in [0.15, 0.2) is 0 Å². The van der Waals surface area contributed by atoms with Crippen LogP contribution in [0.4, 0.5) is 10.5 Å². The molecule has 2 N–H and O–H groups in total. The highest BCUT2D eigenvalue weighted by atomic mass is 16.5. The molecule has 0 spiro atoms. The van der Waals surface area contributed by atoms with Crippen molar-refractivity contribution in [1.82, 2.24) is 10.2 Å². The molecule has 116 valence electrons. The Morgan fingerprint density at radius 2 is 1.90 bits per heavy atom. The number of hydrogen-bond donors (Lipinski definition) is 2. The van der Waals surface area contributed by atoms with E-state index in [1.807, 2.05) is 24.3 Å². The summed E-state index contributed by atoms with van der Waals surface area (Å²) >= 11 is 0. The van der Waals surface area contributed by atoms with E-state index in [4.69, 9.17) is 4.74 Å². The third-order valence-corrected chi connectivity index (χ3v) is 3.92. The number of ether oxygens (including phenoxy) is 1. The molecule has 0 radical (unpaired) electrons. The molecular formula is C16H25N3O2. The molecule has 1 aliphatic rings. The third-order valence-electron chi connectivity index (χ3n) is 3.92. The number of anilines is 1. The number of hydrogen-bond acceptors (Lipinski definition) is 3. The Kier molecular flexibility index (Phi) is 5.87. The Labute approximate surface area is 126 Å². The summed E-state index contributed by atoms with van der Waals surface area (Å²) in [5, 5.41) is 5.76. The van der Waals surface area contributed by atoms with E-state index in [1.54, 1.807) is 7.11 Å². The van der Waals surface area contributed by atoms with Crippen LogP contribution < -0.4 is 15.4 Å². The molecular weight excluding hydrogens is 266 g/mol. The van der Waals surface area contributed by atoms with Crippen molar-refractivity contribution < 1.29 is 9.53 Å². The van der Waals surface area contributed by atoms with Crippen molar-refractivity contribution in [3.05, 3.63) is 24.3 Å². The van der Waals surface area contributed by atoms with Gasteiger partial charge in [0, 0.05) is 18.3 Å². The lowest BCUT2D eigenvalue weighted by Gasteiger charge is -2.32. The van der Waals surface area contributed by atoms with Gasteiger partial charge in [-0.25, -0.2) is 4.79 Å². The predicted octanol–water partition coefficient (Wildman–Crippen LogP) is 2.69. The first kappa shape index (κ1) is 15.6. The molecule has 2 amide bonds. The van der Waals surface area contributed by atoms with Crippen LogP contribution >= 0.6 is 0 Å². The summed E-state index contributed by atoms with van der Waals surface area (Å²) in [4.78, 5) is 14.3. The summed E-state index contributed by atoms with van der Waals surface area (Å²) in [6, 6.07) is 7.52. The molecule has 5 heteroatoms. The number of carbonyl (C=O) groups excluding carboxylic acids is 1. The lowest BCUT2D eigenvalue weighted by molar-refractivity contribution is 0.171. The van der Waals surface area contributed by atoms with Crippen LogP contribution in [0.2, 0.25) is 0 Å². The summed E-state index contributed by atoms with van der Waals surface area (Å²) in [6.07, 6.45) is 3.86. The van der Waals surface area contributed by atoms with Gasteiger partial charge in [-0.15, -0.1) is 0 Å². The van der Waals surface area contributed by atoms with Gasteiger partial charge in [-0.3, -0.25) is 4.90 Å². The average Bonchev–Trinajstić information content (AvgIpc) is 2.54. The van der Waals surface area contributed by atoms with Crippen LogP contribution in [0.1, 0.15) is 26.2 Å². The minimum Gasteiger partial charge on any atom is -0.497 e. The number of nitrogens with one attached hydrogen (secondary N) is 2. The van der Waals surface area contributed by atoms with Crippen LogP contribution in [0.5, 0.6) is 5.75 Å². The first-order chi connectivity index (χ1) is 10.2. The quantitative estimate of drug-likeness (QED) is 0.877. The van der Waals surface area contributed by atoms with Gasteiger partial charge < -0.3 is 15.4 Å². The highest BCUT2D eigenvalue weighted by Crippen LogP contribution is 2.15. The number of benzene rings is 1. The minimum atomic E-state index is -0.163. The minimum absolute atomic E-state index is 0.163. The monoisotopic (exact) mass is 291 g/mol. The largest absolute Gasteiger partial charge is 0.497 e. The second kappa shape index (κ2) is 7.88. The maximum atomic E-state index is 11.9. The van der Waals surface area contributed by atoms with Crippen molar-refractivity contribution in [3.63, 3.8) is 0 Å². The van der Waals surface area contributed by atoms with Gasteiger partial charge in [0.25, 0.3) is 0 Å². The molecule has 1 aliphatic heterocycles. The fourth-order valence-electron chi connectivity index (χ4n) is 2.58. The average molecular weight is 291 g/mol. The van der Waals surface area contributed by atoms with E-state index in [9.17, 15) is 4.79 Å². The SMILES string of the molecule is COc1ccc(NC(=O)NCC(C)N2CCCCC2)cc1. The number of methoxy groups -OCH3 is 1. The summed E-state index contributed by atoms with van der Waals surface area (Å²) in [6.45, 7) is 5.12. The van der Waals surface area contributed by atoms with Crippen molar-refractivity contribution in [2.24, 2.45) is 0 Å². The van der Waals surface area contributed by atoms with Gasteiger partial charge >= 0.3 is 6.03 Å². The number of urea groups is 1. The molecule has 0 aromatic heterocycles. The highest BCUT2D eigenvalue weighted by molar-refractivity contribution is 5.89. The smallest absolute Gasteiger partial charge is 0.319 e. The van der Waals surface area contributed by atoms with E-state index in [0.29, 0.717) is 12.6 Å². The second-order valence-electron chi connectivity index (χ2n) is 5.51. The molecule has 1 aromatic carbocycles. The number of amides is 2. The molecule has 1 aromatic rings. The Morgan fingerprint density at radius 3 is 2.52 bits per heavy atom. The maximum absolute atomic E-state index is 11.9. The van der Waals surface area contributed by atoms with Crippen LogP contribution in [0.3, 0.4) is 0 Å². The number of carbonyl (C=O) groups is 1. The molecule has 2 rings (SSSR count). The van der Waals surface area contributed by atoms with Gasteiger partial charge in [-0.05, 0) is 57.1 Å². The van der Waals surface area contributed by atoms with E-state index >= 15 is 0 Å². The van der Waals surface area contributed by atoms with Gasteiger partial charge in [-0.2, -0.15) is 0 Å². The Hall–Kier alpha value is -1.75. The Balaban J connectivity index is 1.73. The number of rotatable bonds is 5. The normalized spacial score (nSPS) is 17.0. The standard InChI is InChI=1S/C16H25N3O2/c1-13(19-10-4-3-5-11-19)12-17-16(20)18-14-6-8-15(21-2)9-7-14/h6-9,13H,3-5,10-12H2,1-2H3,(H2,17,18,20). The summed E-state index contributed by atoms with van der Waals surface area (Å²) in [7, 11) is 1.62. The summed E-state index contributed by atoms with van der Waals surface area (Å²) < 4.78 is 5.09. The maximum Gasteiger partial charge on any atom is 0.319 e. The molecule has 1 fully saturated rings. The molecule has 1 atom stereocenters. The molecule has 1 unspecified atom stereocenters. The van der Waals surface area contributed by atoms with Crippen LogP contribution in [-0.2, 0) is 0 Å². The molecule has 21 heavy (non-hydrogen) atoms. The van der Waals surface area contributed by atoms with Crippen molar-refractivity contribution in [1.29, 1.82) is 0 Å². The fourth-order valence-corrected chi connectivity index (χ4v) is 2.58. The lowest BCUT2D eigenvalue weighted by atomic mass is 10.1. The topological polar surface area (TPSA) is 53.6 Å². The van der Waals surface area contributed by atoms with E-state index in [2.05, 4.69) is 22.5 Å². The van der Waals surface area contributed by atoms with E-state index in [-0.39, 0.29) is 6.03 Å². The molecule has 0 bridgehead atoms. The predicted molar refractivity (Wildman–Crippen MR) is 84.9 cm³/mol. The van der Waals surface area contributed by atoms with Crippen LogP contribution in [0.15, 0.2) is 24.3 Å². The van der Waals surface area contributed by atoms with Gasteiger partial charge in [0.05, 0.1) is 7.11 Å². The zero-order valence-electron chi connectivity index (χ0n) is 12.9. The van der Waals surface area contributed by atoms with E-state index in [0.717, 1.165) is 24.5 Å². The first-order valence-electron chi connectivity index (χ1n) is 7.62. The fraction of sp³-hybridized carbons (Fsp3) is 0.562. The molecule has 0 saturated carbocycles. The molecule has 5 nitrogen and oxygen atoms in total. The van der Waals surface area contributed by atoms with Gasteiger partial charge in [-0.1, -0.05) is 6.42 Å². The number of likely N-dealkylation sites (tertiary alicyclic amines) is 1. The summed E-state index contributed by atoms with van der Waals surface area (Å²) in [5.41, 5.74) is 0.763. The zero-order chi connectivity index (χ0) is 15.1. The van der Waals surface area contributed by atoms with E-state index < -0.39 is 0 Å².